The van der Waals surface area contributed by atoms with Gasteiger partial charge in [-0.25, -0.2) is 25.9 Å². The van der Waals surface area contributed by atoms with Gasteiger partial charge in [0.2, 0.25) is 15.1 Å². The predicted octanol–water partition coefficient (Wildman–Crippen LogP) is 1.21. The Morgan fingerprint density at radius 3 is 2.54 bits per heavy atom. The van der Waals surface area contributed by atoms with Crippen LogP contribution in [0, 0.1) is 0 Å². The van der Waals surface area contributed by atoms with Gasteiger partial charge >= 0.3 is 5.97 Å². The molecule has 0 bridgehead atoms. The van der Waals surface area contributed by atoms with Crippen molar-refractivity contribution in [1.29, 1.82) is 0 Å². The van der Waals surface area contributed by atoms with Crippen LogP contribution >= 0.6 is 0 Å². The Labute approximate surface area is 163 Å². The summed E-state index contributed by atoms with van der Waals surface area (Å²) in [7, 11) is -4.29. The second-order valence-electron chi connectivity index (χ2n) is 6.51. The van der Waals surface area contributed by atoms with Gasteiger partial charge in [-0.15, -0.1) is 0 Å². The Bertz CT molecular complexity index is 1120. The van der Waals surface area contributed by atoms with Crippen LogP contribution in [0.5, 0.6) is 0 Å². The standard InChI is InChI=1S/C17H20N2O7S2/c1-18(2)28(23,24)16-7-5-14(26-16)11-25-17(20)13-4-6-15-12(10-13)8-9-19(15)27(3,21)22/h4-7,10H,8-9,11H2,1-3H3. The normalized spacial score (nSPS) is 14.4. The van der Waals surface area contributed by atoms with Crippen molar-refractivity contribution in [3.63, 3.8) is 0 Å². The maximum atomic E-state index is 12.3. The van der Waals surface area contributed by atoms with Crippen LogP contribution < -0.4 is 4.31 Å². The topological polar surface area (TPSA) is 114 Å². The van der Waals surface area contributed by atoms with Crippen molar-refractivity contribution in [3.05, 3.63) is 47.2 Å². The van der Waals surface area contributed by atoms with Gasteiger partial charge in [-0.3, -0.25) is 4.31 Å². The van der Waals surface area contributed by atoms with Crippen LogP contribution in [0.1, 0.15) is 21.7 Å². The molecule has 0 unspecified atom stereocenters. The first-order chi connectivity index (χ1) is 13.0. The average molecular weight is 428 g/mol. The lowest BCUT2D eigenvalue weighted by Gasteiger charge is -2.16. The summed E-state index contributed by atoms with van der Waals surface area (Å²) in [6.07, 6.45) is 1.64. The van der Waals surface area contributed by atoms with E-state index < -0.39 is 26.0 Å². The number of benzene rings is 1. The van der Waals surface area contributed by atoms with E-state index in [1.54, 1.807) is 12.1 Å². The number of fused-ring (bicyclic) bond motifs is 1. The molecule has 28 heavy (non-hydrogen) atoms. The number of carbonyl (C=O) groups excluding carboxylic acids is 1. The zero-order valence-electron chi connectivity index (χ0n) is 15.6. The van der Waals surface area contributed by atoms with Crippen molar-refractivity contribution in [3.8, 4) is 0 Å². The summed E-state index contributed by atoms with van der Waals surface area (Å²) < 4.78 is 60.3. The second-order valence-corrected chi connectivity index (χ2v) is 10.5. The molecule has 1 aromatic heterocycles. The van der Waals surface area contributed by atoms with E-state index in [0.717, 1.165) is 16.1 Å². The molecule has 11 heteroatoms. The van der Waals surface area contributed by atoms with E-state index in [1.807, 2.05) is 0 Å². The highest BCUT2D eigenvalue weighted by molar-refractivity contribution is 7.92. The molecule has 1 aromatic carbocycles. The van der Waals surface area contributed by atoms with E-state index in [4.69, 9.17) is 9.15 Å². The lowest BCUT2D eigenvalue weighted by atomic mass is 10.1. The third-order valence-corrected chi connectivity index (χ3v) is 7.16. The molecule has 0 saturated heterocycles. The molecule has 2 heterocycles. The third kappa shape index (κ3) is 3.91. The SMILES string of the molecule is CN(C)S(=O)(=O)c1ccc(COC(=O)c2ccc3c(c2)CCN3S(C)(=O)=O)o1. The van der Waals surface area contributed by atoms with Crippen molar-refractivity contribution in [2.45, 2.75) is 18.1 Å². The van der Waals surface area contributed by atoms with Crippen LogP contribution in [0.15, 0.2) is 39.8 Å². The number of esters is 1. The Hall–Kier alpha value is -2.37. The van der Waals surface area contributed by atoms with Gasteiger partial charge in [-0.05, 0) is 42.3 Å². The summed E-state index contributed by atoms with van der Waals surface area (Å²) in [5.74, 6) is -0.424. The zero-order valence-corrected chi connectivity index (χ0v) is 17.2. The van der Waals surface area contributed by atoms with Gasteiger partial charge in [-0.2, -0.15) is 0 Å². The van der Waals surface area contributed by atoms with Gasteiger partial charge in [0.05, 0.1) is 17.5 Å². The van der Waals surface area contributed by atoms with Crippen molar-refractivity contribution in [2.24, 2.45) is 0 Å². The maximum Gasteiger partial charge on any atom is 0.338 e. The molecule has 1 aliphatic rings. The Morgan fingerprint density at radius 1 is 1.18 bits per heavy atom. The Kier molecular flexibility index (Phi) is 5.26. The molecule has 0 aliphatic carbocycles. The van der Waals surface area contributed by atoms with Gasteiger partial charge in [0.25, 0.3) is 10.0 Å². The van der Waals surface area contributed by atoms with Gasteiger partial charge in [-0.1, -0.05) is 0 Å². The molecule has 0 atom stereocenters. The fraction of sp³-hybridized carbons (Fsp3) is 0.353. The number of furan rings is 1. The zero-order chi connectivity index (χ0) is 20.7. The number of ether oxygens (including phenoxy) is 1. The molecule has 9 nitrogen and oxygen atoms in total. The van der Waals surface area contributed by atoms with Gasteiger partial charge in [0.1, 0.15) is 12.4 Å². The minimum absolute atomic E-state index is 0.193. The minimum atomic E-state index is -3.70. The molecular weight excluding hydrogens is 408 g/mol. The van der Waals surface area contributed by atoms with Crippen LogP contribution in [-0.4, -0.2) is 54.0 Å². The summed E-state index contributed by atoms with van der Waals surface area (Å²) >= 11 is 0. The number of hydrogen-bond donors (Lipinski definition) is 0. The molecule has 0 N–H and O–H groups in total. The monoisotopic (exact) mass is 428 g/mol. The lowest BCUT2D eigenvalue weighted by molar-refractivity contribution is 0.0440. The number of rotatable bonds is 6. The molecule has 0 radical (unpaired) electrons. The smallest absolute Gasteiger partial charge is 0.338 e. The van der Waals surface area contributed by atoms with Crippen LogP contribution in [0.2, 0.25) is 0 Å². The van der Waals surface area contributed by atoms with Crippen LogP contribution in [-0.2, 0) is 37.8 Å². The van der Waals surface area contributed by atoms with E-state index in [0.29, 0.717) is 18.7 Å². The number of anilines is 1. The van der Waals surface area contributed by atoms with E-state index in [1.165, 1.54) is 36.6 Å². The van der Waals surface area contributed by atoms with E-state index in [2.05, 4.69) is 0 Å². The molecule has 2 aromatic rings. The first-order valence-corrected chi connectivity index (χ1v) is 11.6. The quantitative estimate of drug-likeness (QED) is 0.635. The fourth-order valence-corrected chi connectivity index (χ4v) is 4.59. The number of nitrogens with zero attached hydrogens (tertiary/aromatic N) is 2. The Morgan fingerprint density at radius 2 is 1.89 bits per heavy atom. The summed E-state index contributed by atoms with van der Waals surface area (Å²) in [6, 6.07) is 7.40. The number of hydrogen-bond acceptors (Lipinski definition) is 7. The molecule has 0 spiro atoms. The van der Waals surface area contributed by atoms with Gasteiger partial charge in [0, 0.05) is 20.6 Å². The molecule has 1 aliphatic heterocycles. The van der Waals surface area contributed by atoms with E-state index in [9.17, 15) is 21.6 Å². The number of sulfonamides is 2. The molecule has 0 amide bonds. The van der Waals surface area contributed by atoms with Crippen LogP contribution in [0.3, 0.4) is 0 Å². The average Bonchev–Trinajstić information content (AvgIpc) is 3.25. The highest BCUT2D eigenvalue weighted by atomic mass is 32.2. The van der Waals surface area contributed by atoms with Crippen LogP contribution in [0.25, 0.3) is 0 Å². The van der Waals surface area contributed by atoms with Crippen molar-refractivity contribution >= 4 is 31.7 Å². The lowest BCUT2D eigenvalue weighted by Crippen LogP contribution is -2.27. The predicted molar refractivity (Wildman–Crippen MR) is 101 cm³/mol. The molecule has 152 valence electrons. The minimum Gasteiger partial charge on any atom is -0.454 e. The van der Waals surface area contributed by atoms with Crippen LogP contribution in [0.4, 0.5) is 5.69 Å². The van der Waals surface area contributed by atoms with Crippen molar-refractivity contribution in [2.75, 3.05) is 31.2 Å². The summed E-state index contributed by atoms with van der Waals surface area (Å²) in [5.41, 5.74) is 1.59. The number of carbonyl (C=O) groups is 1. The largest absolute Gasteiger partial charge is 0.454 e. The highest BCUT2D eigenvalue weighted by Gasteiger charge is 2.27. The van der Waals surface area contributed by atoms with Crippen molar-refractivity contribution < 1.29 is 30.8 Å². The highest BCUT2D eigenvalue weighted by Crippen LogP contribution is 2.31. The first-order valence-electron chi connectivity index (χ1n) is 8.29. The maximum absolute atomic E-state index is 12.3. The van der Waals surface area contributed by atoms with Gasteiger partial charge in [0.15, 0.2) is 0 Å². The summed E-state index contributed by atoms with van der Waals surface area (Å²) in [5, 5.41) is -0.234. The summed E-state index contributed by atoms with van der Waals surface area (Å²) in [4.78, 5) is 12.3. The molecule has 3 rings (SSSR count). The second kappa shape index (κ2) is 7.22. The summed E-state index contributed by atoms with van der Waals surface area (Å²) in [6.45, 7) is 0.108. The Balaban J connectivity index is 1.69. The fourth-order valence-electron chi connectivity index (χ4n) is 2.82. The van der Waals surface area contributed by atoms with Crippen molar-refractivity contribution in [1.82, 2.24) is 4.31 Å². The van der Waals surface area contributed by atoms with E-state index >= 15 is 0 Å². The molecule has 0 fully saturated rings. The van der Waals surface area contributed by atoms with E-state index in [-0.39, 0.29) is 23.0 Å². The first kappa shape index (κ1) is 20.4. The van der Waals surface area contributed by atoms with Gasteiger partial charge < -0.3 is 9.15 Å². The third-order valence-electron chi connectivity index (χ3n) is 4.29. The molecule has 0 saturated carbocycles. The molecular formula is C17H20N2O7S2.